The van der Waals surface area contributed by atoms with E-state index >= 15 is 0 Å². The zero-order valence-electron chi connectivity index (χ0n) is 9.17. The summed E-state index contributed by atoms with van der Waals surface area (Å²) in [5.74, 6) is 0. The molecule has 1 radical (unpaired) electrons. The maximum absolute atomic E-state index is 10.1. The minimum Gasteiger partial charge on any atom is -0.303 e. The van der Waals surface area contributed by atoms with Crippen LogP contribution in [-0.4, -0.2) is 12.9 Å². The molecule has 0 rings (SSSR count). The number of unbranched alkanes of at least 4 members (excludes halogenated alkanes) is 9. The van der Waals surface area contributed by atoms with Crippen molar-refractivity contribution in [3.05, 3.63) is 0 Å². The van der Waals surface area contributed by atoms with Gasteiger partial charge in [-0.15, -0.1) is 0 Å². The van der Waals surface area contributed by atoms with E-state index in [4.69, 9.17) is 0 Å². The predicted octanol–water partition coefficient (Wildman–Crippen LogP) is 3.52. The van der Waals surface area contributed by atoms with Crippen LogP contribution in [-0.2, 0) is 9.90 Å². The molecule has 0 bridgehead atoms. The van der Waals surface area contributed by atoms with E-state index in [1.165, 1.54) is 38.5 Å². The number of rotatable bonds is 11. The van der Waals surface area contributed by atoms with Gasteiger partial charge < -0.3 is 4.79 Å². The monoisotopic (exact) mass is 199 g/mol. The Hall–Kier alpha value is -0.370. The molecule has 0 aromatic rings. The normalized spacial score (nSPS) is 10.4. The van der Waals surface area contributed by atoms with Crippen LogP contribution in [0.2, 0.25) is 0 Å². The first-order valence-electron chi connectivity index (χ1n) is 5.93. The van der Waals surface area contributed by atoms with Gasteiger partial charge in [0.1, 0.15) is 6.29 Å². The molecule has 0 spiro atoms. The van der Waals surface area contributed by atoms with Crippen LogP contribution in [0.5, 0.6) is 0 Å². The van der Waals surface area contributed by atoms with Gasteiger partial charge in [0, 0.05) is 6.42 Å². The van der Waals surface area contributed by atoms with Crippen molar-refractivity contribution in [2.45, 2.75) is 64.2 Å². The van der Waals surface area contributed by atoms with Gasteiger partial charge in [-0.3, -0.25) is 0 Å². The Balaban J connectivity index is 2.81. The topological polar surface area (TPSA) is 37.0 Å². The molecule has 0 aromatic carbocycles. The Morgan fingerprint density at radius 3 is 1.50 bits per heavy atom. The van der Waals surface area contributed by atoms with Gasteiger partial charge in [0.15, 0.2) is 0 Å². The van der Waals surface area contributed by atoms with Crippen LogP contribution >= 0.6 is 0 Å². The summed E-state index contributed by atoms with van der Waals surface area (Å²) in [6, 6.07) is 0. The molecular formula is C12H23O2. The summed E-state index contributed by atoms with van der Waals surface area (Å²) in [5, 5.41) is 10.1. The molecule has 0 amide bonds. The van der Waals surface area contributed by atoms with Crippen molar-refractivity contribution in [2.75, 3.05) is 6.61 Å². The summed E-state index contributed by atoms with van der Waals surface area (Å²) < 4.78 is 0. The minimum absolute atomic E-state index is 0.0890. The van der Waals surface area contributed by atoms with Crippen LogP contribution in [0.4, 0.5) is 0 Å². The summed E-state index contributed by atoms with van der Waals surface area (Å²) in [4.78, 5) is 10.0. The van der Waals surface area contributed by atoms with Gasteiger partial charge in [-0.1, -0.05) is 44.9 Å². The third kappa shape index (κ3) is 11.6. The lowest BCUT2D eigenvalue weighted by atomic mass is 10.1. The van der Waals surface area contributed by atoms with E-state index in [2.05, 4.69) is 0 Å². The fourth-order valence-electron chi connectivity index (χ4n) is 1.57. The molecule has 0 fully saturated rings. The Bertz CT molecular complexity index is 113. The third-order valence-corrected chi connectivity index (χ3v) is 2.47. The molecule has 0 saturated carbocycles. The van der Waals surface area contributed by atoms with Crippen molar-refractivity contribution in [3.63, 3.8) is 0 Å². The number of carbonyl (C=O) groups is 1. The molecule has 0 N–H and O–H groups in total. The van der Waals surface area contributed by atoms with Gasteiger partial charge >= 0.3 is 0 Å². The van der Waals surface area contributed by atoms with Crippen molar-refractivity contribution in [1.29, 1.82) is 0 Å². The molecule has 0 aliphatic heterocycles. The second-order valence-corrected chi connectivity index (χ2v) is 3.84. The van der Waals surface area contributed by atoms with Crippen molar-refractivity contribution in [1.82, 2.24) is 0 Å². The highest BCUT2D eigenvalue weighted by Crippen LogP contribution is 2.09. The lowest BCUT2D eigenvalue weighted by molar-refractivity contribution is -0.107. The number of hydrogen-bond donors (Lipinski definition) is 0. The first kappa shape index (κ1) is 13.6. The number of hydrogen-bond acceptors (Lipinski definition) is 1. The third-order valence-electron chi connectivity index (χ3n) is 2.47. The molecule has 2 heteroatoms. The highest BCUT2D eigenvalue weighted by Gasteiger charge is 1.92. The average molecular weight is 199 g/mol. The fraction of sp³-hybridized carbons (Fsp3) is 0.917. The second kappa shape index (κ2) is 12.6. The van der Waals surface area contributed by atoms with Crippen LogP contribution in [0, 0.1) is 0 Å². The van der Waals surface area contributed by atoms with Crippen molar-refractivity contribution < 1.29 is 9.90 Å². The zero-order valence-corrected chi connectivity index (χ0v) is 9.17. The summed E-state index contributed by atoms with van der Waals surface area (Å²) in [7, 11) is 0. The highest BCUT2D eigenvalue weighted by atomic mass is 16.2. The second-order valence-electron chi connectivity index (χ2n) is 3.84. The summed E-state index contributed by atoms with van der Waals surface area (Å²) in [5.41, 5.74) is 0. The van der Waals surface area contributed by atoms with Gasteiger partial charge in [0.2, 0.25) is 0 Å². The molecule has 0 saturated heterocycles. The number of aldehydes is 1. The maximum atomic E-state index is 10.1. The van der Waals surface area contributed by atoms with Gasteiger partial charge in [-0.05, 0) is 12.8 Å². The Morgan fingerprint density at radius 2 is 1.07 bits per heavy atom. The smallest absolute Gasteiger partial charge is 0.119 e. The predicted molar refractivity (Wildman–Crippen MR) is 57.8 cm³/mol. The molecule has 0 aliphatic rings. The summed E-state index contributed by atoms with van der Waals surface area (Å²) in [6.45, 7) is 0.0890. The fourth-order valence-corrected chi connectivity index (χ4v) is 1.57. The maximum Gasteiger partial charge on any atom is 0.119 e. The molecule has 83 valence electrons. The Kier molecular flexibility index (Phi) is 12.3. The van der Waals surface area contributed by atoms with E-state index in [-0.39, 0.29) is 6.61 Å². The largest absolute Gasteiger partial charge is 0.303 e. The van der Waals surface area contributed by atoms with Gasteiger partial charge in [-0.25, -0.2) is 5.11 Å². The van der Waals surface area contributed by atoms with Crippen LogP contribution < -0.4 is 0 Å². The first-order chi connectivity index (χ1) is 6.91. The molecule has 2 nitrogen and oxygen atoms in total. The van der Waals surface area contributed by atoms with E-state index in [1.807, 2.05) is 0 Å². The van der Waals surface area contributed by atoms with Crippen LogP contribution in [0.15, 0.2) is 0 Å². The minimum atomic E-state index is 0.0890. The molecule has 0 aromatic heterocycles. The highest BCUT2D eigenvalue weighted by molar-refractivity contribution is 5.48. The van der Waals surface area contributed by atoms with Crippen LogP contribution in [0.25, 0.3) is 0 Å². The molecule has 0 atom stereocenters. The summed E-state index contributed by atoms with van der Waals surface area (Å²) in [6.07, 6.45) is 12.3. The van der Waals surface area contributed by atoms with E-state index < -0.39 is 0 Å². The lowest BCUT2D eigenvalue weighted by Gasteiger charge is -2.00. The SMILES string of the molecule is [O]CCCCCCCCCCCC=O. The molecule has 14 heavy (non-hydrogen) atoms. The first-order valence-corrected chi connectivity index (χ1v) is 5.93. The van der Waals surface area contributed by atoms with Crippen molar-refractivity contribution in [3.8, 4) is 0 Å². The van der Waals surface area contributed by atoms with Gasteiger partial charge in [0.25, 0.3) is 0 Å². The Labute approximate surface area is 87.7 Å². The Morgan fingerprint density at radius 1 is 0.643 bits per heavy atom. The van der Waals surface area contributed by atoms with Crippen LogP contribution in [0.1, 0.15) is 64.2 Å². The van der Waals surface area contributed by atoms with E-state index in [1.54, 1.807) is 0 Å². The van der Waals surface area contributed by atoms with E-state index in [0.717, 1.165) is 32.0 Å². The van der Waals surface area contributed by atoms with E-state index in [0.29, 0.717) is 0 Å². The average Bonchev–Trinajstić information content (AvgIpc) is 2.21. The standard InChI is InChI=1S/C12H23O2/c13-11-9-7-5-3-1-2-4-6-8-10-12-14/h11H,1-10,12H2. The van der Waals surface area contributed by atoms with Gasteiger partial charge in [0.05, 0.1) is 6.61 Å². The quantitative estimate of drug-likeness (QED) is 0.370. The lowest BCUT2D eigenvalue weighted by Crippen LogP contribution is -1.84. The van der Waals surface area contributed by atoms with Gasteiger partial charge in [-0.2, -0.15) is 0 Å². The molecule has 0 unspecified atom stereocenters. The summed E-state index contributed by atoms with van der Waals surface area (Å²) >= 11 is 0. The number of carbonyl (C=O) groups excluding carboxylic acids is 1. The zero-order chi connectivity index (χ0) is 10.5. The molecule has 0 heterocycles. The van der Waals surface area contributed by atoms with Crippen molar-refractivity contribution >= 4 is 6.29 Å². The molecule has 0 aliphatic carbocycles. The van der Waals surface area contributed by atoms with Crippen molar-refractivity contribution in [2.24, 2.45) is 0 Å². The van der Waals surface area contributed by atoms with Crippen LogP contribution in [0.3, 0.4) is 0 Å². The molecular weight excluding hydrogens is 176 g/mol. The van der Waals surface area contributed by atoms with E-state index in [9.17, 15) is 9.90 Å².